The third-order valence-corrected chi connectivity index (χ3v) is 3.80. The predicted molar refractivity (Wildman–Crippen MR) is 75.3 cm³/mol. The number of rotatable bonds is 7. The minimum Gasteiger partial charge on any atom is -0.353 e. The summed E-state index contributed by atoms with van der Waals surface area (Å²) in [4.78, 5) is 14.3. The van der Waals surface area contributed by atoms with Crippen molar-refractivity contribution in [2.45, 2.75) is 58.5 Å². The van der Waals surface area contributed by atoms with Crippen molar-refractivity contribution >= 4 is 5.91 Å². The Bertz CT molecular complexity index is 249. The lowest BCUT2D eigenvalue weighted by Gasteiger charge is -2.31. The van der Waals surface area contributed by atoms with Gasteiger partial charge in [0.05, 0.1) is 6.04 Å². The first-order valence-corrected chi connectivity index (χ1v) is 7.33. The molecule has 1 aliphatic rings. The van der Waals surface area contributed by atoms with E-state index in [9.17, 15) is 4.79 Å². The molecule has 0 bridgehead atoms. The highest BCUT2D eigenvalue weighted by Crippen LogP contribution is 2.17. The van der Waals surface area contributed by atoms with Gasteiger partial charge >= 0.3 is 0 Å². The Labute approximate surface area is 111 Å². The van der Waals surface area contributed by atoms with Gasteiger partial charge in [-0.05, 0) is 38.3 Å². The van der Waals surface area contributed by atoms with E-state index in [1.54, 1.807) is 0 Å². The topological polar surface area (TPSA) is 58.4 Å². The largest absolute Gasteiger partial charge is 0.353 e. The van der Waals surface area contributed by atoms with Gasteiger partial charge < -0.3 is 11.1 Å². The van der Waals surface area contributed by atoms with E-state index in [0.29, 0.717) is 12.0 Å². The van der Waals surface area contributed by atoms with E-state index < -0.39 is 0 Å². The lowest BCUT2D eigenvalue weighted by molar-refractivity contribution is -0.122. The van der Waals surface area contributed by atoms with Crippen LogP contribution in [0.4, 0.5) is 0 Å². The lowest BCUT2D eigenvalue weighted by Crippen LogP contribution is -2.49. The normalized spacial score (nSPS) is 20.1. The number of nitrogens with one attached hydrogen (secondary N) is 1. The summed E-state index contributed by atoms with van der Waals surface area (Å²) in [7, 11) is 0. The number of nitrogens with zero attached hydrogens (tertiary/aromatic N) is 1. The molecule has 106 valence electrons. The number of likely N-dealkylation sites (tertiary alicyclic amines) is 1. The molecule has 1 fully saturated rings. The maximum atomic E-state index is 11.8. The number of hydrogen-bond acceptors (Lipinski definition) is 3. The summed E-state index contributed by atoms with van der Waals surface area (Å²) >= 11 is 0. The van der Waals surface area contributed by atoms with Gasteiger partial charge in [-0.15, -0.1) is 0 Å². The molecule has 1 heterocycles. The summed E-state index contributed by atoms with van der Waals surface area (Å²) in [6.45, 7) is 9.56. The molecule has 0 aromatic rings. The van der Waals surface area contributed by atoms with Crippen LogP contribution in [0.1, 0.15) is 46.5 Å². The first-order valence-electron chi connectivity index (χ1n) is 7.33. The second-order valence-corrected chi connectivity index (χ2v) is 5.69. The van der Waals surface area contributed by atoms with Crippen molar-refractivity contribution in [2.75, 3.05) is 19.6 Å². The van der Waals surface area contributed by atoms with Crippen molar-refractivity contribution < 1.29 is 4.79 Å². The van der Waals surface area contributed by atoms with E-state index in [2.05, 4.69) is 24.1 Å². The Morgan fingerprint density at radius 3 is 2.44 bits per heavy atom. The van der Waals surface area contributed by atoms with Crippen LogP contribution in [0, 0.1) is 5.92 Å². The molecule has 4 nitrogen and oxygen atoms in total. The molecule has 1 aliphatic heterocycles. The molecule has 2 atom stereocenters. The van der Waals surface area contributed by atoms with Gasteiger partial charge in [-0.25, -0.2) is 0 Å². The first-order chi connectivity index (χ1) is 8.56. The first kappa shape index (κ1) is 15.4. The molecule has 0 aromatic carbocycles. The zero-order valence-corrected chi connectivity index (χ0v) is 12.1. The summed E-state index contributed by atoms with van der Waals surface area (Å²) in [5, 5.41) is 3.02. The maximum Gasteiger partial charge on any atom is 0.236 e. The Morgan fingerprint density at radius 1 is 1.33 bits per heavy atom. The monoisotopic (exact) mass is 255 g/mol. The number of hydrogen-bond donors (Lipinski definition) is 2. The Morgan fingerprint density at radius 2 is 1.94 bits per heavy atom. The summed E-state index contributed by atoms with van der Waals surface area (Å²) < 4.78 is 0. The zero-order chi connectivity index (χ0) is 13.5. The van der Waals surface area contributed by atoms with E-state index >= 15 is 0 Å². The fraction of sp³-hybridized carbons (Fsp3) is 0.929. The van der Waals surface area contributed by atoms with E-state index in [-0.39, 0.29) is 11.9 Å². The molecule has 1 amide bonds. The number of carbonyl (C=O) groups excluding carboxylic acids is 1. The van der Waals surface area contributed by atoms with Gasteiger partial charge in [0.15, 0.2) is 0 Å². The van der Waals surface area contributed by atoms with Crippen LogP contribution in [0.5, 0.6) is 0 Å². The minimum absolute atomic E-state index is 0.00157. The summed E-state index contributed by atoms with van der Waals surface area (Å²) in [5.41, 5.74) is 5.82. The van der Waals surface area contributed by atoms with Gasteiger partial charge in [-0.1, -0.05) is 27.2 Å². The third-order valence-electron chi connectivity index (χ3n) is 3.80. The molecule has 3 N–H and O–H groups in total. The number of nitrogens with two attached hydrogens (primary N) is 1. The fourth-order valence-corrected chi connectivity index (χ4v) is 2.64. The van der Waals surface area contributed by atoms with Crippen molar-refractivity contribution in [2.24, 2.45) is 11.7 Å². The highest BCUT2D eigenvalue weighted by atomic mass is 16.2. The van der Waals surface area contributed by atoms with Gasteiger partial charge in [0.25, 0.3) is 0 Å². The van der Waals surface area contributed by atoms with Crippen molar-refractivity contribution in [3.8, 4) is 0 Å². The van der Waals surface area contributed by atoms with Crippen molar-refractivity contribution in [3.63, 3.8) is 0 Å². The Kier molecular flexibility index (Phi) is 6.65. The Balaban J connectivity index is 2.39. The van der Waals surface area contributed by atoms with Crippen LogP contribution in [0.2, 0.25) is 0 Å². The van der Waals surface area contributed by atoms with Gasteiger partial charge in [-0.3, -0.25) is 9.69 Å². The fourth-order valence-electron chi connectivity index (χ4n) is 2.64. The standard InChI is InChI=1S/C14H29N3O/c1-4-7-12(15)14(18)16-10-13(11(2)3)17-8-5-6-9-17/h11-13H,4-10,15H2,1-3H3,(H,16,18)/t12-,13?/m1/s1. The molecule has 0 radical (unpaired) electrons. The van der Waals surface area contributed by atoms with Gasteiger partial charge in [0.2, 0.25) is 5.91 Å². The molecule has 0 saturated carbocycles. The van der Waals surface area contributed by atoms with Crippen LogP contribution in [-0.4, -0.2) is 42.5 Å². The SMILES string of the molecule is CCC[C@@H](N)C(=O)NCC(C(C)C)N1CCCC1. The Hall–Kier alpha value is -0.610. The van der Waals surface area contributed by atoms with Crippen molar-refractivity contribution in [1.82, 2.24) is 10.2 Å². The van der Waals surface area contributed by atoms with Crippen LogP contribution in [0.25, 0.3) is 0 Å². The molecule has 18 heavy (non-hydrogen) atoms. The molecular formula is C14H29N3O. The van der Waals surface area contributed by atoms with Gasteiger partial charge in [-0.2, -0.15) is 0 Å². The second-order valence-electron chi connectivity index (χ2n) is 5.69. The second kappa shape index (κ2) is 7.74. The quantitative estimate of drug-likeness (QED) is 0.722. The smallest absolute Gasteiger partial charge is 0.236 e. The van der Waals surface area contributed by atoms with Crippen LogP contribution in [0.15, 0.2) is 0 Å². The molecule has 1 saturated heterocycles. The highest BCUT2D eigenvalue weighted by molar-refractivity contribution is 5.81. The third kappa shape index (κ3) is 4.58. The van der Waals surface area contributed by atoms with E-state index in [1.807, 2.05) is 6.92 Å². The molecule has 0 aromatic heterocycles. The van der Waals surface area contributed by atoms with Gasteiger partial charge in [0.1, 0.15) is 0 Å². The maximum absolute atomic E-state index is 11.8. The lowest BCUT2D eigenvalue weighted by atomic mass is 10.0. The van der Waals surface area contributed by atoms with Crippen LogP contribution in [0.3, 0.4) is 0 Å². The van der Waals surface area contributed by atoms with Crippen LogP contribution >= 0.6 is 0 Å². The summed E-state index contributed by atoms with van der Waals surface area (Å²) in [6, 6.07) is 0.103. The van der Waals surface area contributed by atoms with E-state index in [4.69, 9.17) is 5.73 Å². The predicted octanol–water partition coefficient (Wildman–Crippen LogP) is 1.35. The summed E-state index contributed by atoms with van der Waals surface area (Å²) in [5.74, 6) is 0.562. The minimum atomic E-state index is -0.346. The van der Waals surface area contributed by atoms with Crippen LogP contribution in [-0.2, 0) is 4.79 Å². The van der Waals surface area contributed by atoms with E-state index in [1.165, 1.54) is 25.9 Å². The molecule has 0 spiro atoms. The number of carbonyl (C=O) groups is 1. The van der Waals surface area contributed by atoms with Crippen molar-refractivity contribution in [3.05, 3.63) is 0 Å². The zero-order valence-electron chi connectivity index (χ0n) is 12.1. The molecule has 1 rings (SSSR count). The molecule has 4 heteroatoms. The van der Waals surface area contributed by atoms with Gasteiger partial charge in [0, 0.05) is 12.6 Å². The molecule has 0 aliphatic carbocycles. The van der Waals surface area contributed by atoms with Crippen molar-refractivity contribution in [1.29, 1.82) is 0 Å². The molecule has 1 unspecified atom stereocenters. The van der Waals surface area contributed by atoms with E-state index in [0.717, 1.165) is 19.4 Å². The summed E-state index contributed by atoms with van der Waals surface area (Å²) in [6.07, 6.45) is 4.29. The average Bonchev–Trinajstić information content (AvgIpc) is 2.82. The van der Waals surface area contributed by atoms with Crippen LogP contribution < -0.4 is 11.1 Å². The highest BCUT2D eigenvalue weighted by Gasteiger charge is 2.25. The average molecular weight is 255 g/mol. The molecular weight excluding hydrogens is 226 g/mol. The number of amides is 1.